The number of urea groups is 1. The molecule has 3 amide bonds. The number of benzene rings is 3. The SMILES string of the molecule is COc1cccc(CN2C(=O)[C@@]3(SCCN3C(=O)Nc3ccc(C)cc3)c3cc(OC)ccc32)c1. The molecule has 3 aromatic carbocycles. The maximum absolute atomic E-state index is 14.2. The van der Waals surface area contributed by atoms with Crippen molar-refractivity contribution in [2.24, 2.45) is 0 Å². The maximum atomic E-state index is 14.2. The normalized spacial score (nSPS) is 18.7. The zero-order chi connectivity index (χ0) is 24.6. The summed E-state index contributed by atoms with van der Waals surface area (Å²) >= 11 is 1.49. The van der Waals surface area contributed by atoms with Crippen LogP contribution in [0.1, 0.15) is 16.7 Å². The van der Waals surface area contributed by atoms with Crippen molar-refractivity contribution in [2.75, 3.05) is 36.7 Å². The Labute approximate surface area is 209 Å². The summed E-state index contributed by atoms with van der Waals surface area (Å²) in [6.45, 7) is 2.82. The molecular weight excluding hydrogens is 462 g/mol. The molecule has 1 N–H and O–H groups in total. The number of rotatable bonds is 5. The van der Waals surface area contributed by atoms with Crippen molar-refractivity contribution in [2.45, 2.75) is 18.3 Å². The zero-order valence-electron chi connectivity index (χ0n) is 19.9. The van der Waals surface area contributed by atoms with Gasteiger partial charge in [-0.05, 0) is 55.0 Å². The number of ether oxygens (including phenoxy) is 2. The fraction of sp³-hybridized carbons (Fsp3) is 0.259. The molecule has 0 radical (unpaired) electrons. The Balaban J connectivity index is 1.53. The van der Waals surface area contributed by atoms with Crippen molar-refractivity contribution in [3.63, 3.8) is 0 Å². The van der Waals surface area contributed by atoms with Gasteiger partial charge in [-0.25, -0.2) is 4.79 Å². The van der Waals surface area contributed by atoms with Gasteiger partial charge >= 0.3 is 6.03 Å². The summed E-state index contributed by atoms with van der Waals surface area (Å²) in [5.41, 5.74) is 4.29. The second kappa shape index (κ2) is 9.19. The van der Waals surface area contributed by atoms with Gasteiger partial charge in [0.05, 0.1) is 26.5 Å². The third-order valence-corrected chi connectivity index (χ3v) is 7.84. The molecule has 2 aliphatic rings. The summed E-state index contributed by atoms with van der Waals surface area (Å²) in [4.78, 5) is 29.9. The standard InChI is InChI=1S/C27H27N3O4S/c1-18-7-9-20(10-8-18)28-26(32)30-13-14-35-27(30)23-16-22(34-3)11-12-24(23)29(25(27)31)17-19-5-4-6-21(15-19)33-2/h4-12,15-16H,13-14,17H2,1-3H3,(H,28,32)/t27-/m0/s1. The number of methoxy groups -OCH3 is 2. The van der Waals surface area contributed by atoms with Crippen molar-refractivity contribution in [1.29, 1.82) is 0 Å². The van der Waals surface area contributed by atoms with Crippen LogP contribution in [0.5, 0.6) is 11.5 Å². The van der Waals surface area contributed by atoms with Gasteiger partial charge in [0.1, 0.15) is 11.5 Å². The lowest BCUT2D eigenvalue weighted by Gasteiger charge is -2.33. The van der Waals surface area contributed by atoms with Gasteiger partial charge in [0.25, 0.3) is 5.91 Å². The predicted octanol–water partition coefficient (Wildman–Crippen LogP) is 4.99. The monoisotopic (exact) mass is 489 g/mol. The van der Waals surface area contributed by atoms with Crippen LogP contribution >= 0.6 is 11.8 Å². The molecule has 2 aliphatic heterocycles. The Bertz CT molecular complexity index is 1280. The average Bonchev–Trinajstić information content (AvgIpc) is 3.42. The molecule has 8 heteroatoms. The van der Waals surface area contributed by atoms with E-state index in [0.717, 1.165) is 28.1 Å². The van der Waals surface area contributed by atoms with Gasteiger partial charge < -0.3 is 19.7 Å². The minimum absolute atomic E-state index is 0.134. The van der Waals surface area contributed by atoms with Crippen LogP contribution in [-0.4, -0.2) is 43.4 Å². The molecule has 2 heterocycles. The zero-order valence-corrected chi connectivity index (χ0v) is 20.7. The number of hydrogen-bond donors (Lipinski definition) is 1. The van der Waals surface area contributed by atoms with Crippen molar-refractivity contribution in [1.82, 2.24) is 4.90 Å². The molecule has 0 bridgehead atoms. The number of carbonyl (C=O) groups is 2. The van der Waals surface area contributed by atoms with Gasteiger partial charge in [-0.2, -0.15) is 0 Å². The number of thioether (sulfide) groups is 1. The molecular formula is C27H27N3O4S. The van der Waals surface area contributed by atoms with E-state index in [9.17, 15) is 9.59 Å². The lowest BCUT2D eigenvalue weighted by Crippen LogP contribution is -2.51. The van der Waals surface area contributed by atoms with E-state index >= 15 is 0 Å². The van der Waals surface area contributed by atoms with Gasteiger partial charge in [-0.3, -0.25) is 9.69 Å². The quantitative estimate of drug-likeness (QED) is 0.547. The Morgan fingerprint density at radius 1 is 1.03 bits per heavy atom. The van der Waals surface area contributed by atoms with Gasteiger partial charge in [0.2, 0.25) is 0 Å². The molecule has 7 nitrogen and oxygen atoms in total. The van der Waals surface area contributed by atoms with Crippen LogP contribution in [0.25, 0.3) is 0 Å². The van der Waals surface area contributed by atoms with Crippen LogP contribution in [0.15, 0.2) is 66.7 Å². The second-order valence-corrected chi connectivity index (χ2v) is 9.85. The van der Waals surface area contributed by atoms with Gasteiger partial charge in [0, 0.05) is 23.5 Å². The number of nitrogens with zero attached hydrogens (tertiary/aromatic N) is 2. The third kappa shape index (κ3) is 3.97. The van der Waals surface area contributed by atoms with Crippen LogP contribution in [0.4, 0.5) is 16.2 Å². The third-order valence-electron chi connectivity index (χ3n) is 6.42. The van der Waals surface area contributed by atoms with E-state index in [-0.39, 0.29) is 11.9 Å². The molecule has 1 saturated heterocycles. The van der Waals surface area contributed by atoms with E-state index in [1.165, 1.54) is 11.8 Å². The number of amides is 3. The highest BCUT2D eigenvalue weighted by Gasteiger charge is 2.59. The molecule has 1 atom stereocenters. The Morgan fingerprint density at radius 2 is 1.77 bits per heavy atom. The first-order valence-corrected chi connectivity index (χ1v) is 12.4. The second-order valence-electron chi connectivity index (χ2n) is 8.57. The van der Waals surface area contributed by atoms with Crippen molar-refractivity contribution in [3.05, 3.63) is 83.4 Å². The molecule has 1 spiro atoms. The molecule has 35 heavy (non-hydrogen) atoms. The summed E-state index contributed by atoms with van der Waals surface area (Å²) in [6, 6.07) is 20.6. The van der Waals surface area contributed by atoms with Crippen molar-refractivity contribution < 1.29 is 19.1 Å². The highest BCUT2D eigenvalue weighted by molar-refractivity contribution is 8.01. The lowest BCUT2D eigenvalue weighted by molar-refractivity contribution is -0.123. The summed E-state index contributed by atoms with van der Waals surface area (Å²) < 4.78 is 10.9. The summed E-state index contributed by atoms with van der Waals surface area (Å²) in [6.07, 6.45) is 0. The van der Waals surface area contributed by atoms with E-state index in [1.807, 2.05) is 73.7 Å². The highest BCUT2D eigenvalue weighted by Crippen LogP contribution is 2.55. The predicted molar refractivity (Wildman–Crippen MR) is 138 cm³/mol. The first-order chi connectivity index (χ1) is 17.0. The van der Waals surface area contributed by atoms with Crippen LogP contribution in [0.2, 0.25) is 0 Å². The molecule has 1 fully saturated rings. The van der Waals surface area contributed by atoms with Gasteiger partial charge in [-0.15, -0.1) is 11.8 Å². The van der Waals surface area contributed by atoms with Crippen LogP contribution < -0.4 is 19.7 Å². The topological polar surface area (TPSA) is 71.1 Å². The fourth-order valence-electron chi connectivity index (χ4n) is 4.66. The van der Waals surface area contributed by atoms with E-state index in [0.29, 0.717) is 30.3 Å². The minimum Gasteiger partial charge on any atom is -0.497 e. The summed E-state index contributed by atoms with van der Waals surface area (Å²) in [5, 5.41) is 2.98. The molecule has 0 aliphatic carbocycles. The van der Waals surface area contributed by atoms with Gasteiger partial charge in [0.15, 0.2) is 4.87 Å². The fourth-order valence-corrected chi connectivity index (χ4v) is 6.11. The minimum atomic E-state index is -1.16. The van der Waals surface area contributed by atoms with Crippen LogP contribution in [0, 0.1) is 6.92 Å². The first kappa shape index (κ1) is 23.1. The molecule has 3 aromatic rings. The van der Waals surface area contributed by atoms with Gasteiger partial charge in [-0.1, -0.05) is 29.8 Å². The number of fused-ring (bicyclic) bond motifs is 2. The lowest BCUT2D eigenvalue weighted by atomic mass is 10.1. The summed E-state index contributed by atoms with van der Waals surface area (Å²) in [5.74, 6) is 1.89. The molecule has 0 unspecified atom stereocenters. The Kier molecular flexibility index (Phi) is 6.06. The molecule has 5 rings (SSSR count). The van der Waals surface area contributed by atoms with Crippen LogP contribution in [0.3, 0.4) is 0 Å². The maximum Gasteiger partial charge on any atom is 0.323 e. The van der Waals surface area contributed by atoms with Crippen LogP contribution in [-0.2, 0) is 16.2 Å². The summed E-state index contributed by atoms with van der Waals surface area (Å²) in [7, 11) is 3.22. The van der Waals surface area contributed by atoms with E-state index in [1.54, 1.807) is 24.0 Å². The highest BCUT2D eigenvalue weighted by atomic mass is 32.2. The van der Waals surface area contributed by atoms with E-state index in [4.69, 9.17) is 9.47 Å². The van der Waals surface area contributed by atoms with E-state index in [2.05, 4.69) is 5.32 Å². The Hall–Kier alpha value is -3.65. The largest absolute Gasteiger partial charge is 0.497 e. The van der Waals surface area contributed by atoms with Crippen molar-refractivity contribution in [3.8, 4) is 11.5 Å². The smallest absolute Gasteiger partial charge is 0.323 e. The molecule has 0 aromatic heterocycles. The number of carbonyl (C=O) groups excluding carboxylic acids is 2. The van der Waals surface area contributed by atoms with Crippen molar-refractivity contribution >= 4 is 35.1 Å². The molecule has 180 valence electrons. The number of anilines is 2. The first-order valence-electron chi connectivity index (χ1n) is 11.4. The number of aryl methyl sites for hydroxylation is 1. The van der Waals surface area contributed by atoms with E-state index < -0.39 is 4.87 Å². The average molecular weight is 490 g/mol. The number of nitrogens with one attached hydrogen (secondary N) is 1. The number of hydrogen-bond acceptors (Lipinski definition) is 5. The Morgan fingerprint density at radius 3 is 2.51 bits per heavy atom. The molecule has 0 saturated carbocycles.